The Morgan fingerprint density at radius 2 is 1.35 bits per heavy atom. The summed E-state index contributed by atoms with van der Waals surface area (Å²) in [5, 5.41) is 0. The van der Waals surface area contributed by atoms with E-state index >= 15 is 0 Å². The van der Waals surface area contributed by atoms with E-state index in [4.69, 9.17) is 15.2 Å². The highest BCUT2D eigenvalue weighted by Gasteiger charge is 2.40. The number of carbonyl (C=O) groups excluding carboxylic acids is 2. The summed E-state index contributed by atoms with van der Waals surface area (Å²) >= 11 is 0. The average molecular weight is 327 g/mol. The topological polar surface area (TPSA) is 78.6 Å². The molecule has 0 bridgehead atoms. The van der Waals surface area contributed by atoms with Crippen LogP contribution in [-0.2, 0) is 19.1 Å². The monoisotopic (exact) mass is 327 g/mol. The lowest BCUT2D eigenvalue weighted by Crippen LogP contribution is -2.45. The van der Waals surface area contributed by atoms with Crippen molar-refractivity contribution >= 4 is 11.9 Å². The maximum Gasteiger partial charge on any atom is 0.330 e. The highest BCUT2D eigenvalue weighted by atomic mass is 16.6. The van der Waals surface area contributed by atoms with Crippen LogP contribution in [0.25, 0.3) is 0 Å². The molecule has 2 N–H and O–H groups in total. The van der Waals surface area contributed by atoms with E-state index < -0.39 is 28.1 Å². The molecule has 0 aromatic heterocycles. The number of esters is 2. The zero-order valence-corrected chi connectivity index (χ0v) is 15.9. The van der Waals surface area contributed by atoms with Crippen molar-refractivity contribution in [3.8, 4) is 0 Å². The fourth-order valence-corrected chi connectivity index (χ4v) is 3.01. The SMILES string of the molecule is C=CC(=O)OC(C)(C)CC(C)(C)OC(=O)C(C)(C)CC(C)(C)N. The van der Waals surface area contributed by atoms with Crippen molar-refractivity contribution in [3.05, 3.63) is 12.7 Å². The van der Waals surface area contributed by atoms with E-state index in [0.717, 1.165) is 6.08 Å². The second-order valence-electron chi connectivity index (χ2n) is 8.76. The van der Waals surface area contributed by atoms with Gasteiger partial charge in [0.05, 0.1) is 5.41 Å². The summed E-state index contributed by atoms with van der Waals surface area (Å²) in [4.78, 5) is 23.9. The van der Waals surface area contributed by atoms with Crippen LogP contribution in [0, 0.1) is 5.41 Å². The van der Waals surface area contributed by atoms with Crippen LogP contribution >= 0.6 is 0 Å². The molecule has 0 spiro atoms. The Bertz CT molecular complexity index is 456. The third-order valence-corrected chi connectivity index (χ3v) is 3.21. The summed E-state index contributed by atoms with van der Waals surface area (Å²) in [6.45, 7) is 17.9. The Hall–Kier alpha value is -1.36. The molecule has 0 aliphatic rings. The van der Waals surface area contributed by atoms with Gasteiger partial charge in [-0.2, -0.15) is 0 Å². The minimum absolute atomic E-state index is 0.313. The van der Waals surface area contributed by atoms with Gasteiger partial charge in [-0.1, -0.05) is 6.58 Å². The first-order valence-corrected chi connectivity index (χ1v) is 7.87. The summed E-state index contributed by atoms with van der Waals surface area (Å²) in [6, 6.07) is 0. The average Bonchev–Trinajstić information content (AvgIpc) is 2.21. The van der Waals surface area contributed by atoms with Gasteiger partial charge >= 0.3 is 11.9 Å². The third-order valence-electron chi connectivity index (χ3n) is 3.21. The number of carbonyl (C=O) groups is 2. The molecule has 0 aliphatic carbocycles. The lowest BCUT2D eigenvalue weighted by Gasteiger charge is -2.37. The Morgan fingerprint density at radius 1 is 0.913 bits per heavy atom. The normalized spacial score (nSPS) is 13.4. The maximum atomic E-state index is 12.5. The van der Waals surface area contributed by atoms with E-state index in [2.05, 4.69) is 6.58 Å². The van der Waals surface area contributed by atoms with Crippen LogP contribution in [0.1, 0.15) is 68.2 Å². The van der Waals surface area contributed by atoms with Gasteiger partial charge in [-0.05, 0) is 61.8 Å². The number of ether oxygens (including phenoxy) is 2. The molecule has 0 aromatic carbocycles. The molecular weight excluding hydrogens is 294 g/mol. The number of hydrogen-bond donors (Lipinski definition) is 1. The molecule has 0 atom stereocenters. The molecule has 0 fully saturated rings. The Morgan fingerprint density at radius 3 is 1.74 bits per heavy atom. The van der Waals surface area contributed by atoms with Gasteiger partial charge in [0.1, 0.15) is 11.2 Å². The maximum absolute atomic E-state index is 12.5. The van der Waals surface area contributed by atoms with Gasteiger partial charge in [0.15, 0.2) is 0 Å². The van der Waals surface area contributed by atoms with Gasteiger partial charge in [0, 0.05) is 18.0 Å². The second-order valence-corrected chi connectivity index (χ2v) is 8.76. The summed E-state index contributed by atoms with van der Waals surface area (Å²) in [5.74, 6) is -0.811. The van der Waals surface area contributed by atoms with Crippen LogP contribution in [0.2, 0.25) is 0 Å². The zero-order chi connectivity index (χ0) is 18.7. The first-order chi connectivity index (χ1) is 10.00. The molecule has 23 heavy (non-hydrogen) atoms. The van der Waals surface area contributed by atoms with Crippen LogP contribution in [0.15, 0.2) is 12.7 Å². The predicted octanol–water partition coefficient (Wildman–Crippen LogP) is 3.36. The molecule has 0 amide bonds. The van der Waals surface area contributed by atoms with Gasteiger partial charge in [0.25, 0.3) is 0 Å². The van der Waals surface area contributed by atoms with Crippen molar-refractivity contribution in [2.45, 2.75) is 85.0 Å². The smallest absolute Gasteiger partial charge is 0.330 e. The predicted molar refractivity (Wildman–Crippen MR) is 91.8 cm³/mol. The van der Waals surface area contributed by atoms with Gasteiger partial charge in [-0.15, -0.1) is 0 Å². The van der Waals surface area contributed by atoms with Crippen LogP contribution in [0.5, 0.6) is 0 Å². The highest BCUT2D eigenvalue weighted by molar-refractivity contribution is 5.81. The van der Waals surface area contributed by atoms with Gasteiger partial charge in [-0.25, -0.2) is 4.79 Å². The Balaban J connectivity index is 4.94. The van der Waals surface area contributed by atoms with Crippen molar-refractivity contribution < 1.29 is 19.1 Å². The lowest BCUT2D eigenvalue weighted by molar-refractivity contribution is -0.176. The first kappa shape index (κ1) is 21.6. The standard InChI is InChI=1S/C18H33NO4/c1-10-13(20)22-17(6,7)12-18(8,9)23-14(21)15(2,3)11-16(4,5)19/h10H,1,11-12,19H2,2-9H3. The van der Waals surface area contributed by atoms with E-state index in [1.165, 1.54) is 0 Å². The zero-order valence-electron chi connectivity index (χ0n) is 15.9. The molecular formula is C18H33NO4. The molecule has 0 saturated carbocycles. The van der Waals surface area contributed by atoms with Crippen molar-refractivity contribution in [2.75, 3.05) is 0 Å². The minimum atomic E-state index is -0.780. The van der Waals surface area contributed by atoms with Crippen LogP contribution in [-0.4, -0.2) is 28.7 Å². The van der Waals surface area contributed by atoms with Crippen molar-refractivity contribution in [1.29, 1.82) is 0 Å². The Labute approximate surface area is 140 Å². The molecule has 0 saturated heterocycles. The molecule has 0 unspecified atom stereocenters. The van der Waals surface area contributed by atoms with Gasteiger partial charge < -0.3 is 15.2 Å². The van der Waals surface area contributed by atoms with Crippen LogP contribution < -0.4 is 5.73 Å². The van der Waals surface area contributed by atoms with E-state index in [-0.39, 0.29) is 5.97 Å². The van der Waals surface area contributed by atoms with E-state index in [1.54, 1.807) is 27.7 Å². The van der Waals surface area contributed by atoms with Crippen molar-refractivity contribution in [2.24, 2.45) is 11.1 Å². The van der Waals surface area contributed by atoms with E-state index in [9.17, 15) is 9.59 Å². The molecule has 5 nitrogen and oxygen atoms in total. The number of nitrogens with two attached hydrogens (primary N) is 1. The minimum Gasteiger partial charge on any atom is -0.459 e. The third kappa shape index (κ3) is 8.74. The van der Waals surface area contributed by atoms with Gasteiger partial charge in [0.2, 0.25) is 0 Å². The molecule has 0 aromatic rings. The largest absolute Gasteiger partial charge is 0.459 e. The first-order valence-electron chi connectivity index (χ1n) is 7.87. The quantitative estimate of drug-likeness (QED) is 0.546. The molecule has 5 heteroatoms. The van der Waals surface area contributed by atoms with Crippen LogP contribution in [0.3, 0.4) is 0 Å². The van der Waals surface area contributed by atoms with E-state index in [1.807, 2.05) is 27.7 Å². The summed E-state index contributed by atoms with van der Waals surface area (Å²) in [6.07, 6.45) is 1.99. The lowest BCUT2D eigenvalue weighted by atomic mass is 9.80. The molecule has 0 aliphatic heterocycles. The summed E-state index contributed by atoms with van der Waals surface area (Å²) in [5.41, 5.74) is 3.31. The molecule has 0 radical (unpaired) electrons. The number of hydrogen-bond acceptors (Lipinski definition) is 5. The van der Waals surface area contributed by atoms with Gasteiger partial charge in [-0.3, -0.25) is 4.79 Å². The molecule has 134 valence electrons. The fraction of sp³-hybridized carbons (Fsp3) is 0.778. The van der Waals surface area contributed by atoms with Crippen molar-refractivity contribution in [1.82, 2.24) is 0 Å². The second kappa shape index (κ2) is 7.04. The summed E-state index contributed by atoms with van der Waals surface area (Å²) < 4.78 is 11.0. The fourth-order valence-electron chi connectivity index (χ4n) is 3.01. The molecule has 0 rings (SSSR count). The highest BCUT2D eigenvalue weighted by Crippen LogP contribution is 2.33. The van der Waals surface area contributed by atoms with Crippen LogP contribution in [0.4, 0.5) is 0 Å². The van der Waals surface area contributed by atoms with E-state index in [0.29, 0.717) is 12.8 Å². The molecule has 0 heterocycles. The summed E-state index contributed by atoms with van der Waals surface area (Å²) in [7, 11) is 0. The Kier molecular flexibility index (Phi) is 6.62. The number of rotatable bonds is 8. The van der Waals surface area contributed by atoms with Crippen molar-refractivity contribution in [3.63, 3.8) is 0 Å².